The first-order valence-electron chi connectivity index (χ1n) is 7.54. The van der Waals surface area contributed by atoms with E-state index in [1.54, 1.807) is 0 Å². The highest BCUT2D eigenvalue weighted by Gasteiger charge is 2.20. The Balaban J connectivity index is 1.83. The van der Waals surface area contributed by atoms with E-state index in [1.165, 1.54) is 5.56 Å². The van der Waals surface area contributed by atoms with Crippen molar-refractivity contribution in [2.75, 3.05) is 0 Å². The Morgan fingerprint density at radius 1 is 1.00 bits per heavy atom. The van der Waals surface area contributed by atoms with Crippen molar-refractivity contribution in [2.45, 2.75) is 38.6 Å². The van der Waals surface area contributed by atoms with Crippen LogP contribution in [0.1, 0.15) is 31.4 Å². The Bertz CT molecular complexity index is 605. The van der Waals surface area contributed by atoms with Crippen LogP contribution in [-0.4, -0.2) is 11.4 Å². The molecule has 0 aliphatic heterocycles. The number of carbonyl (C=O) groups is 1. The molecule has 2 rings (SSSR count). The van der Waals surface area contributed by atoms with Crippen LogP contribution < -0.4 is 5.32 Å². The van der Waals surface area contributed by atoms with Crippen molar-refractivity contribution >= 4 is 17.5 Å². The van der Waals surface area contributed by atoms with E-state index in [-0.39, 0.29) is 11.4 Å². The van der Waals surface area contributed by atoms with Crippen LogP contribution in [0.4, 0.5) is 0 Å². The number of halogens is 1. The molecule has 0 bridgehead atoms. The minimum absolute atomic E-state index is 0.0795. The summed E-state index contributed by atoms with van der Waals surface area (Å²) in [4.78, 5) is 12.2. The van der Waals surface area contributed by atoms with Crippen LogP contribution in [0.3, 0.4) is 0 Å². The lowest BCUT2D eigenvalue weighted by Crippen LogP contribution is -2.45. The Hall–Kier alpha value is -1.80. The molecule has 2 aromatic rings. The minimum Gasteiger partial charge on any atom is -0.351 e. The summed E-state index contributed by atoms with van der Waals surface area (Å²) in [6, 6.07) is 17.9. The molecule has 2 aromatic carbocycles. The fourth-order valence-corrected chi connectivity index (χ4v) is 2.63. The second-order valence-electron chi connectivity index (χ2n) is 6.22. The van der Waals surface area contributed by atoms with Gasteiger partial charge in [0.15, 0.2) is 0 Å². The van der Waals surface area contributed by atoms with E-state index >= 15 is 0 Å². The maximum atomic E-state index is 12.2. The van der Waals surface area contributed by atoms with Gasteiger partial charge in [-0.25, -0.2) is 0 Å². The fourth-order valence-electron chi connectivity index (χ4n) is 2.50. The van der Waals surface area contributed by atoms with Gasteiger partial charge in [-0.05, 0) is 49.9 Å². The molecular weight excluding hydrogens is 294 g/mol. The largest absolute Gasteiger partial charge is 0.351 e. The molecule has 0 fully saturated rings. The number of rotatable bonds is 6. The summed E-state index contributed by atoms with van der Waals surface area (Å²) in [5.41, 5.74) is 2.10. The number of amides is 1. The zero-order valence-corrected chi connectivity index (χ0v) is 13.9. The molecule has 0 aliphatic carbocycles. The van der Waals surface area contributed by atoms with Gasteiger partial charge in [0.1, 0.15) is 0 Å². The van der Waals surface area contributed by atoms with Gasteiger partial charge in [0.25, 0.3) is 0 Å². The predicted octanol–water partition coefficient (Wildman–Crippen LogP) is 4.41. The average molecular weight is 316 g/mol. The lowest BCUT2D eigenvalue weighted by atomic mass is 9.94. The van der Waals surface area contributed by atoms with Crippen LogP contribution in [0.25, 0.3) is 0 Å². The standard InChI is InChI=1S/C19H22ClNO/c1-19(2,14-16-6-4-3-5-7-16)21-18(22)13-10-15-8-11-17(20)12-9-15/h3-9,11-12H,10,13-14H2,1-2H3,(H,21,22). The van der Waals surface area contributed by atoms with Crippen LogP contribution >= 0.6 is 11.6 Å². The summed E-state index contributed by atoms with van der Waals surface area (Å²) in [5, 5.41) is 3.84. The molecule has 0 unspecified atom stereocenters. The molecule has 0 saturated heterocycles. The summed E-state index contributed by atoms with van der Waals surface area (Å²) < 4.78 is 0. The topological polar surface area (TPSA) is 29.1 Å². The van der Waals surface area contributed by atoms with E-state index < -0.39 is 0 Å². The highest BCUT2D eigenvalue weighted by atomic mass is 35.5. The van der Waals surface area contributed by atoms with E-state index in [0.29, 0.717) is 6.42 Å². The van der Waals surface area contributed by atoms with E-state index in [4.69, 9.17) is 11.6 Å². The van der Waals surface area contributed by atoms with Crippen molar-refractivity contribution in [3.63, 3.8) is 0 Å². The van der Waals surface area contributed by atoms with Crippen molar-refractivity contribution in [2.24, 2.45) is 0 Å². The molecule has 0 spiro atoms. The van der Waals surface area contributed by atoms with Crippen molar-refractivity contribution in [3.05, 3.63) is 70.7 Å². The van der Waals surface area contributed by atoms with Gasteiger partial charge in [0.2, 0.25) is 5.91 Å². The molecule has 0 aliphatic rings. The van der Waals surface area contributed by atoms with E-state index in [2.05, 4.69) is 31.3 Å². The van der Waals surface area contributed by atoms with Crippen LogP contribution in [-0.2, 0) is 17.6 Å². The van der Waals surface area contributed by atoms with Gasteiger partial charge < -0.3 is 5.32 Å². The molecular formula is C19H22ClNO. The molecule has 1 amide bonds. The van der Waals surface area contributed by atoms with Crippen molar-refractivity contribution < 1.29 is 4.79 Å². The lowest BCUT2D eigenvalue weighted by molar-refractivity contribution is -0.122. The van der Waals surface area contributed by atoms with Crippen molar-refractivity contribution in [1.82, 2.24) is 5.32 Å². The molecule has 2 nitrogen and oxygen atoms in total. The number of nitrogens with one attached hydrogen (secondary N) is 1. The molecule has 0 heterocycles. The Labute approximate surface area is 137 Å². The third-order valence-corrected chi connectivity index (χ3v) is 3.77. The third-order valence-electron chi connectivity index (χ3n) is 3.52. The summed E-state index contributed by atoms with van der Waals surface area (Å²) in [7, 11) is 0. The number of hydrogen-bond donors (Lipinski definition) is 1. The van der Waals surface area contributed by atoms with Crippen molar-refractivity contribution in [1.29, 1.82) is 0 Å². The van der Waals surface area contributed by atoms with Gasteiger partial charge in [0, 0.05) is 17.0 Å². The second-order valence-corrected chi connectivity index (χ2v) is 6.66. The van der Waals surface area contributed by atoms with Gasteiger partial charge >= 0.3 is 0 Å². The first kappa shape index (κ1) is 16.6. The minimum atomic E-state index is -0.252. The van der Waals surface area contributed by atoms with Gasteiger partial charge in [-0.15, -0.1) is 0 Å². The zero-order valence-electron chi connectivity index (χ0n) is 13.1. The summed E-state index contributed by atoms with van der Waals surface area (Å²) in [5.74, 6) is 0.0795. The monoisotopic (exact) mass is 315 g/mol. The second kappa shape index (κ2) is 7.46. The maximum Gasteiger partial charge on any atom is 0.220 e. The normalized spacial score (nSPS) is 11.2. The first-order chi connectivity index (χ1) is 10.4. The molecule has 116 valence electrons. The van der Waals surface area contributed by atoms with Crippen molar-refractivity contribution in [3.8, 4) is 0 Å². The number of aryl methyl sites for hydroxylation is 1. The van der Waals surface area contributed by atoms with E-state index in [0.717, 1.165) is 23.4 Å². The number of benzene rings is 2. The molecule has 3 heteroatoms. The Kier molecular flexibility index (Phi) is 5.62. The number of hydrogen-bond acceptors (Lipinski definition) is 1. The van der Waals surface area contributed by atoms with E-state index in [1.807, 2.05) is 42.5 Å². The Morgan fingerprint density at radius 2 is 1.64 bits per heavy atom. The highest BCUT2D eigenvalue weighted by Crippen LogP contribution is 2.14. The van der Waals surface area contributed by atoms with Crippen LogP contribution in [0.5, 0.6) is 0 Å². The molecule has 1 N–H and O–H groups in total. The third kappa shape index (κ3) is 5.53. The predicted molar refractivity (Wildman–Crippen MR) is 92.1 cm³/mol. The van der Waals surface area contributed by atoms with Gasteiger partial charge in [-0.1, -0.05) is 54.1 Å². The summed E-state index contributed by atoms with van der Waals surface area (Å²) >= 11 is 5.86. The summed E-state index contributed by atoms with van der Waals surface area (Å²) in [6.45, 7) is 4.11. The van der Waals surface area contributed by atoms with Crippen LogP contribution in [0, 0.1) is 0 Å². The lowest BCUT2D eigenvalue weighted by Gasteiger charge is -2.26. The van der Waals surface area contributed by atoms with E-state index in [9.17, 15) is 4.79 Å². The number of carbonyl (C=O) groups excluding carboxylic acids is 1. The quantitative estimate of drug-likeness (QED) is 0.840. The fraction of sp³-hybridized carbons (Fsp3) is 0.316. The zero-order chi connectivity index (χ0) is 16.0. The van der Waals surface area contributed by atoms with Crippen LogP contribution in [0.2, 0.25) is 5.02 Å². The first-order valence-corrected chi connectivity index (χ1v) is 7.92. The molecule has 0 radical (unpaired) electrons. The molecule has 22 heavy (non-hydrogen) atoms. The Morgan fingerprint density at radius 3 is 2.27 bits per heavy atom. The molecule has 0 atom stereocenters. The van der Waals surface area contributed by atoms with Crippen LogP contribution in [0.15, 0.2) is 54.6 Å². The molecule has 0 saturated carbocycles. The highest BCUT2D eigenvalue weighted by molar-refractivity contribution is 6.30. The SMILES string of the molecule is CC(C)(Cc1ccccc1)NC(=O)CCc1ccc(Cl)cc1. The average Bonchev–Trinajstić information content (AvgIpc) is 2.46. The van der Waals surface area contributed by atoms with Gasteiger partial charge in [0.05, 0.1) is 0 Å². The van der Waals surface area contributed by atoms with Gasteiger partial charge in [-0.2, -0.15) is 0 Å². The smallest absolute Gasteiger partial charge is 0.220 e. The molecule has 0 aromatic heterocycles. The maximum absolute atomic E-state index is 12.2. The van der Waals surface area contributed by atoms with Gasteiger partial charge in [-0.3, -0.25) is 4.79 Å². The summed E-state index contributed by atoms with van der Waals surface area (Å²) in [6.07, 6.45) is 2.03.